The third-order valence-electron chi connectivity index (χ3n) is 3.03. The SMILES string of the molecule is CSCCC(NC(=O)NC1CC1(C)C)C(=O)O. The van der Waals surface area contributed by atoms with Crippen molar-refractivity contribution in [3.05, 3.63) is 0 Å². The third-order valence-corrected chi connectivity index (χ3v) is 3.68. The highest BCUT2D eigenvalue weighted by molar-refractivity contribution is 7.98. The van der Waals surface area contributed by atoms with Gasteiger partial charge in [0, 0.05) is 6.04 Å². The first-order chi connectivity index (χ1) is 7.86. The Morgan fingerprint density at radius 2 is 2.12 bits per heavy atom. The summed E-state index contributed by atoms with van der Waals surface area (Å²) in [6.07, 6.45) is 3.30. The number of aliphatic carboxylic acids is 1. The number of urea groups is 1. The number of nitrogens with one attached hydrogen (secondary N) is 2. The van der Waals surface area contributed by atoms with Gasteiger partial charge in [0.15, 0.2) is 0 Å². The molecule has 98 valence electrons. The topological polar surface area (TPSA) is 78.4 Å². The Balaban J connectivity index is 2.34. The van der Waals surface area contributed by atoms with Crippen LogP contribution in [0.3, 0.4) is 0 Å². The van der Waals surface area contributed by atoms with Crippen LogP contribution < -0.4 is 10.6 Å². The summed E-state index contributed by atoms with van der Waals surface area (Å²) in [4.78, 5) is 22.5. The van der Waals surface area contributed by atoms with Crippen molar-refractivity contribution in [1.82, 2.24) is 10.6 Å². The summed E-state index contributed by atoms with van der Waals surface area (Å²) in [6, 6.07) is -1.02. The van der Waals surface area contributed by atoms with Crippen LogP contribution in [0, 0.1) is 5.41 Å². The number of carbonyl (C=O) groups excluding carboxylic acids is 1. The standard InChI is InChI=1S/C11H20N2O3S/c1-11(2)6-8(11)13-10(16)12-7(9(14)15)4-5-17-3/h7-8H,4-6H2,1-3H3,(H,14,15)(H2,12,13,16). The molecule has 0 heterocycles. The summed E-state index contributed by atoms with van der Waals surface area (Å²) in [7, 11) is 0. The number of thioether (sulfide) groups is 1. The van der Waals surface area contributed by atoms with Crippen molar-refractivity contribution in [2.75, 3.05) is 12.0 Å². The van der Waals surface area contributed by atoms with E-state index in [4.69, 9.17) is 5.11 Å². The highest BCUT2D eigenvalue weighted by Crippen LogP contribution is 2.44. The molecule has 0 aliphatic heterocycles. The van der Waals surface area contributed by atoms with Crippen molar-refractivity contribution >= 4 is 23.8 Å². The first kappa shape index (κ1) is 14.2. The predicted octanol–water partition coefficient (Wildman–Crippen LogP) is 1.29. The molecule has 1 aliphatic rings. The average Bonchev–Trinajstić information content (AvgIpc) is 2.80. The highest BCUT2D eigenvalue weighted by atomic mass is 32.2. The first-order valence-electron chi connectivity index (χ1n) is 5.65. The molecule has 0 bridgehead atoms. The zero-order chi connectivity index (χ0) is 13.1. The van der Waals surface area contributed by atoms with Gasteiger partial charge in [0.05, 0.1) is 0 Å². The van der Waals surface area contributed by atoms with Crippen molar-refractivity contribution < 1.29 is 14.7 Å². The van der Waals surface area contributed by atoms with E-state index in [9.17, 15) is 9.59 Å². The van der Waals surface area contributed by atoms with Gasteiger partial charge in [-0.25, -0.2) is 9.59 Å². The molecule has 2 atom stereocenters. The van der Waals surface area contributed by atoms with Crippen LogP contribution in [0.25, 0.3) is 0 Å². The molecule has 0 aromatic rings. The van der Waals surface area contributed by atoms with E-state index in [0.29, 0.717) is 12.2 Å². The number of carboxylic acid groups (broad SMARTS) is 1. The molecule has 5 nitrogen and oxygen atoms in total. The van der Waals surface area contributed by atoms with Crippen molar-refractivity contribution in [3.8, 4) is 0 Å². The zero-order valence-electron chi connectivity index (χ0n) is 10.4. The lowest BCUT2D eigenvalue weighted by Gasteiger charge is -2.15. The molecule has 2 unspecified atom stereocenters. The summed E-state index contributed by atoms with van der Waals surface area (Å²) >= 11 is 1.57. The van der Waals surface area contributed by atoms with E-state index in [2.05, 4.69) is 24.5 Å². The molecule has 1 aliphatic carbocycles. The molecule has 6 heteroatoms. The van der Waals surface area contributed by atoms with Crippen molar-refractivity contribution in [2.45, 2.75) is 38.8 Å². The fourth-order valence-electron chi connectivity index (χ4n) is 1.56. The predicted molar refractivity (Wildman–Crippen MR) is 68.3 cm³/mol. The van der Waals surface area contributed by atoms with Crippen LogP contribution in [0.5, 0.6) is 0 Å². The lowest BCUT2D eigenvalue weighted by atomic mass is 10.2. The maximum absolute atomic E-state index is 11.6. The van der Waals surface area contributed by atoms with E-state index in [0.717, 1.165) is 6.42 Å². The Labute approximate surface area is 106 Å². The largest absolute Gasteiger partial charge is 0.480 e. The number of carbonyl (C=O) groups is 2. The van der Waals surface area contributed by atoms with Gasteiger partial charge in [-0.1, -0.05) is 13.8 Å². The molecule has 0 saturated heterocycles. The van der Waals surface area contributed by atoms with Crippen LogP contribution in [0.4, 0.5) is 4.79 Å². The maximum atomic E-state index is 11.6. The molecule has 0 aromatic carbocycles. The zero-order valence-corrected chi connectivity index (χ0v) is 11.3. The summed E-state index contributed by atoms with van der Waals surface area (Å²) < 4.78 is 0. The van der Waals surface area contributed by atoms with Crippen molar-refractivity contribution in [2.24, 2.45) is 5.41 Å². The third kappa shape index (κ3) is 4.46. The van der Waals surface area contributed by atoms with E-state index in [1.165, 1.54) is 0 Å². The van der Waals surface area contributed by atoms with Crippen molar-refractivity contribution in [1.29, 1.82) is 0 Å². The molecule has 3 N–H and O–H groups in total. The minimum absolute atomic E-state index is 0.148. The molecule has 1 rings (SSSR count). The van der Waals surface area contributed by atoms with E-state index >= 15 is 0 Å². The highest BCUT2D eigenvalue weighted by Gasteiger charge is 2.46. The molecular weight excluding hydrogens is 240 g/mol. The van der Waals surface area contributed by atoms with Crippen LogP contribution >= 0.6 is 11.8 Å². The first-order valence-corrected chi connectivity index (χ1v) is 7.05. The Morgan fingerprint density at radius 1 is 1.53 bits per heavy atom. The van der Waals surface area contributed by atoms with E-state index in [1.54, 1.807) is 11.8 Å². The van der Waals surface area contributed by atoms with Gasteiger partial charge in [0.2, 0.25) is 0 Å². The fraction of sp³-hybridized carbons (Fsp3) is 0.818. The second kappa shape index (κ2) is 5.62. The Bertz CT molecular complexity index is 307. The minimum Gasteiger partial charge on any atom is -0.480 e. The van der Waals surface area contributed by atoms with Gasteiger partial charge >= 0.3 is 12.0 Å². The van der Waals surface area contributed by atoms with Crippen LogP contribution in [0.2, 0.25) is 0 Å². The molecule has 1 fully saturated rings. The van der Waals surface area contributed by atoms with Crippen LogP contribution in [0.15, 0.2) is 0 Å². The van der Waals surface area contributed by atoms with Gasteiger partial charge in [-0.15, -0.1) is 0 Å². The number of carboxylic acids is 1. The molecule has 0 radical (unpaired) electrons. The lowest BCUT2D eigenvalue weighted by Crippen LogP contribution is -2.47. The quantitative estimate of drug-likeness (QED) is 0.672. The fourth-order valence-corrected chi connectivity index (χ4v) is 2.04. The molecule has 0 spiro atoms. The Kier molecular flexibility index (Phi) is 4.68. The average molecular weight is 260 g/mol. The number of hydrogen-bond acceptors (Lipinski definition) is 3. The van der Waals surface area contributed by atoms with Gasteiger partial charge < -0.3 is 15.7 Å². The number of amides is 2. The normalized spacial score (nSPS) is 22.6. The molecule has 0 aromatic heterocycles. The smallest absolute Gasteiger partial charge is 0.326 e. The Hall–Kier alpha value is -0.910. The minimum atomic E-state index is -0.982. The second-order valence-electron chi connectivity index (χ2n) is 5.04. The number of rotatable bonds is 6. The van der Waals surface area contributed by atoms with Crippen LogP contribution in [-0.2, 0) is 4.79 Å². The molecule has 1 saturated carbocycles. The van der Waals surface area contributed by atoms with E-state index < -0.39 is 12.0 Å². The van der Waals surface area contributed by atoms with Crippen LogP contribution in [-0.4, -0.2) is 41.2 Å². The van der Waals surface area contributed by atoms with Gasteiger partial charge in [-0.05, 0) is 30.3 Å². The van der Waals surface area contributed by atoms with Gasteiger partial charge in [0.25, 0.3) is 0 Å². The molecule has 2 amide bonds. The monoisotopic (exact) mass is 260 g/mol. The van der Waals surface area contributed by atoms with E-state index in [1.807, 2.05) is 6.26 Å². The molecule has 17 heavy (non-hydrogen) atoms. The lowest BCUT2D eigenvalue weighted by molar-refractivity contribution is -0.139. The Morgan fingerprint density at radius 3 is 2.53 bits per heavy atom. The molecular formula is C11H20N2O3S. The summed E-state index contributed by atoms with van der Waals surface area (Å²) in [5.74, 6) is -0.268. The summed E-state index contributed by atoms with van der Waals surface area (Å²) in [5, 5.41) is 14.2. The van der Waals surface area contributed by atoms with E-state index in [-0.39, 0.29) is 17.5 Å². The van der Waals surface area contributed by atoms with Crippen molar-refractivity contribution in [3.63, 3.8) is 0 Å². The van der Waals surface area contributed by atoms with Gasteiger partial charge in [0.1, 0.15) is 6.04 Å². The second-order valence-corrected chi connectivity index (χ2v) is 6.02. The van der Waals surface area contributed by atoms with Crippen LogP contribution in [0.1, 0.15) is 26.7 Å². The summed E-state index contributed by atoms with van der Waals surface area (Å²) in [5.41, 5.74) is 0.148. The van der Waals surface area contributed by atoms with Gasteiger partial charge in [-0.2, -0.15) is 11.8 Å². The van der Waals surface area contributed by atoms with Gasteiger partial charge in [-0.3, -0.25) is 0 Å². The number of hydrogen-bond donors (Lipinski definition) is 3. The maximum Gasteiger partial charge on any atom is 0.326 e. The summed E-state index contributed by atoms with van der Waals surface area (Å²) in [6.45, 7) is 4.14.